The van der Waals surface area contributed by atoms with Crippen molar-refractivity contribution in [2.75, 3.05) is 0 Å². The maximum atomic E-state index is 10.8. The normalized spacial score (nSPS) is 38.8. The molecule has 0 radical (unpaired) electrons. The standard InChI is InChI=1S/C10H15NO5/c1-3-4-6-8(13)9(14)7(10(15)16-6)11-5(2)12/h1,6-10,13-15H,4H2,2H3,(H,11,12)/t6-,7-,8-,9-,10?/m1/s1. The van der Waals surface area contributed by atoms with Gasteiger partial charge in [0.1, 0.15) is 24.4 Å². The summed E-state index contributed by atoms with van der Waals surface area (Å²) in [6, 6.07) is -1.05. The van der Waals surface area contributed by atoms with Crippen LogP contribution in [0.1, 0.15) is 13.3 Å². The molecule has 90 valence electrons. The van der Waals surface area contributed by atoms with Gasteiger partial charge in [-0.15, -0.1) is 12.3 Å². The molecule has 0 spiro atoms. The fourth-order valence-corrected chi connectivity index (χ4v) is 1.62. The summed E-state index contributed by atoms with van der Waals surface area (Å²) < 4.78 is 5.01. The lowest BCUT2D eigenvalue weighted by Gasteiger charge is -2.40. The second-order valence-electron chi connectivity index (χ2n) is 3.68. The Morgan fingerprint density at radius 2 is 2.06 bits per heavy atom. The van der Waals surface area contributed by atoms with Gasteiger partial charge in [0, 0.05) is 13.3 Å². The van der Waals surface area contributed by atoms with Crippen molar-refractivity contribution in [1.29, 1.82) is 0 Å². The Balaban J connectivity index is 2.72. The summed E-state index contributed by atoms with van der Waals surface area (Å²) in [5.41, 5.74) is 0. The Morgan fingerprint density at radius 3 is 2.56 bits per heavy atom. The highest BCUT2D eigenvalue weighted by molar-refractivity contribution is 5.73. The fourth-order valence-electron chi connectivity index (χ4n) is 1.62. The molecule has 16 heavy (non-hydrogen) atoms. The molecule has 1 saturated heterocycles. The molecule has 1 heterocycles. The maximum Gasteiger partial charge on any atom is 0.217 e. The number of terminal acetylenes is 1. The van der Waals surface area contributed by atoms with Crippen LogP contribution in [0.5, 0.6) is 0 Å². The predicted octanol–water partition coefficient (Wildman–Crippen LogP) is -2.05. The van der Waals surface area contributed by atoms with Gasteiger partial charge in [0.05, 0.1) is 0 Å². The van der Waals surface area contributed by atoms with E-state index in [4.69, 9.17) is 11.2 Å². The monoisotopic (exact) mass is 229 g/mol. The van der Waals surface area contributed by atoms with Crippen LogP contribution in [0.2, 0.25) is 0 Å². The highest BCUT2D eigenvalue weighted by atomic mass is 16.6. The molecule has 0 aromatic heterocycles. The molecular formula is C10H15NO5. The van der Waals surface area contributed by atoms with Crippen molar-refractivity contribution in [2.45, 2.75) is 44.0 Å². The van der Waals surface area contributed by atoms with Crippen LogP contribution >= 0.6 is 0 Å². The van der Waals surface area contributed by atoms with E-state index in [9.17, 15) is 20.1 Å². The van der Waals surface area contributed by atoms with Gasteiger partial charge < -0.3 is 25.4 Å². The molecule has 1 fully saturated rings. The average Bonchev–Trinajstić information content (AvgIpc) is 2.21. The van der Waals surface area contributed by atoms with Crippen LogP contribution in [0.25, 0.3) is 0 Å². The van der Waals surface area contributed by atoms with E-state index in [1.807, 2.05) is 0 Å². The van der Waals surface area contributed by atoms with E-state index in [1.165, 1.54) is 6.92 Å². The molecule has 1 rings (SSSR count). The molecule has 0 aliphatic carbocycles. The van der Waals surface area contributed by atoms with Gasteiger partial charge >= 0.3 is 0 Å². The van der Waals surface area contributed by atoms with E-state index in [2.05, 4.69) is 11.2 Å². The quantitative estimate of drug-likeness (QED) is 0.409. The van der Waals surface area contributed by atoms with Gasteiger partial charge in [0.25, 0.3) is 0 Å². The van der Waals surface area contributed by atoms with Gasteiger partial charge in [-0.05, 0) is 0 Å². The third-order valence-corrected chi connectivity index (χ3v) is 2.41. The molecule has 0 saturated carbocycles. The second kappa shape index (κ2) is 5.27. The Morgan fingerprint density at radius 1 is 1.44 bits per heavy atom. The minimum absolute atomic E-state index is 0.0715. The molecule has 0 aromatic carbocycles. The molecule has 1 amide bonds. The summed E-state index contributed by atoms with van der Waals surface area (Å²) in [5, 5.41) is 31.1. The van der Waals surface area contributed by atoms with Crippen molar-refractivity contribution in [3.05, 3.63) is 0 Å². The number of hydrogen-bond donors (Lipinski definition) is 4. The Hall–Kier alpha value is -1.13. The zero-order valence-electron chi connectivity index (χ0n) is 8.83. The maximum absolute atomic E-state index is 10.8. The lowest BCUT2D eigenvalue weighted by Crippen LogP contribution is -2.63. The molecule has 6 heteroatoms. The first kappa shape index (κ1) is 12.9. The van der Waals surface area contributed by atoms with Crippen LogP contribution in [0.15, 0.2) is 0 Å². The molecule has 4 N–H and O–H groups in total. The SMILES string of the molecule is C#CC[C@H]1OC(O)[C@H](NC(C)=O)[C@@H](O)[C@@H]1O. The fraction of sp³-hybridized carbons (Fsp3) is 0.700. The van der Waals surface area contributed by atoms with Crippen molar-refractivity contribution >= 4 is 5.91 Å². The van der Waals surface area contributed by atoms with Gasteiger partial charge in [-0.1, -0.05) is 0 Å². The van der Waals surface area contributed by atoms with Gasteiger partial charge in [0.2, 0.25) is 5.91 Å². The van der Waals surface area contributed by atoms with Crippen molar-refractivity contribution in [2.24, 2.45) is 0 Å². The van der Waals surface area contributed by atoms with E-state index in [0.717, 1.165) is 0 Å². The van der Waals surface area contributed by atoms with Crippen LogP contribution in [-0.2, 0) is 9.53 Å². The predicted molar refractivity (Wildman–Crippen MR) is 53.9 cm³/mol. The molecule has 1 aliphatic heterocycles. The Bertz CT molecular complexity index is 300. The van der Waals surface area contributed by atoms with E-state index in [-0.39, 0.29) is 6.42 Å². The van der Waals surface area contributed by atoms with Crippen molar-refractivity contribution in [3.63, 3.8) is 0 Å². The van der Waals surface area contributed by atoms with Crippen molar-refractivity contribution < 1.29 is 24.9 Å². The first-order valence-corrected chi connectivity index (χ1v) is 4.87. The minimum Gasteiger partial charge on any atom is -0.388 e. The Kier molecular flexibility index (Phi) is 4.26. The molecule has 1 unspecified atom stereocenters. The van der Waals surface area contributed by atoms with Crippen LogP contribution in [0.3, 0.4) is 0 Å². The lowest BCUT2D eigenvalue weighted by molar-refractivity contribution is -0.245. The largest absolute Gasteiger partial charge is 0.388 e. The number of ether oxygens (including phenoxy) is 1. The summed E-state index contributed by atoms with van der Waals surface area (Å²) in [4.78, 5) is 10.8. The summed E-state index contributed by atoms with van der Waals surface area (Å²) in [5.74, 6) is 1.83. The van der Waals surface area contributed by atoms with Crippen LogP contribution in [0, 0.1) is 12.3 Å². The molecular weight excluding hydrogens is 214 g/mol. The summed E-state index contributed by atoms with van der Waals surface area (Å²) in [6.45, 7) is 1.24. The molecule has 1 aliphatic rings. The molecule has 0 aromatic rings. The van der Waals surface area contributed by atoms with Crippen molar-refractivity contribution in [1.82, 2.24) is 5.32 Å². The first-order chi connectivity index (χ1) is 7.47. The smallest absolute Gasteiger partial charge is 0.217 e. The minimum atomic E-state index is -1.39. The number of carbonyl (C=O) groups is 1. The number of amides is 1. The topological polar surface area (TPSA) is 99.0 Å². The average molecular weight is 229 g/mol. The number of rotatable bonds is 2. The van der Waals surface area contributed by atoms with E-state index in [0.29, 0.717) is 0 Å². The van der Waals surface area contributed by atoms with E-state index >= 15 is 0 Å². The first-order valence-electron chi connectivity index (χ1n) is 4.87. The number of hydrogen-bond acceptors (Lipinski definition) is 5. The third kappa shape index (κ3) is 2.71. The summed E-state index contributed by atoms with van der Waals surface area (Å²) in [7, 11) is 0. The second-order valence-corrected chi connectivity index (χ2v) is 3.68. The lowest BCUT2D eigenvalue weighted by atomic mass is 9.95. The molecule has 5 atom stereocenters. The van der Waals surface area contributed by atoms with Gasteiger partial charge in [-0.3, -0.25) is 4.79 Å². The summed E-state index contributed by atoms with van der Waals surface area (Å²) >= 11 is 0. The highest BCUT2D eigenvalue weighted by Gasteiger charge is 2.43. The van der Waals surface area contributed by atoms with Crippen molar-refractivity contribution in [3.8, 4) is 12.3 Å². The van der Waals surface area contributed by atoms with E-state index in [1.54, 1.807) is 0 Å². The molecule has 6 nitrogen and oxygen atoms in total. The zero-order chi connectivity index (χ0) is 12.3. The van der Waals surface area contributed by atoms with Crippen LogP contribution in [0.4, 0.5) is 0 Å². The van der Waals surface area contributed by atoms with Gasteiger partial charge in [-0.2, -0.15) is 0 Å². The summed E-state index contributed by atoms with van der Waals surface area (Å²) in [6.07, 6.45) is 0.350. The number of aliphatic hydroxyl groups excluding tert-OH is 3. The molecule has 0 bridgehead atoms. The number of carbonyl (C=O) groups excluding carboxylic acids is 1. The van der Waals surface area contributed by atoms with Crippen LogP contribution in [-0.4, -0.2) is 51.9 Å². The highest BCUT2D eigenvalue weighted by Crippen LogP contribution is 2.21. The number of aliphatic hydroxyl groups is 3. The zero-order valence-corrected chi connectivity index (χ0v) is 8.83. The van der Waals surface area contributed by atoms with Gasteiger partial charge in [-0.25, -0.2) is 0 Å². The van der Waals surface area contributed by atoms with E-state index < -0.39 is 36.6 Å². The third-order valence-electron chi connectivity index (χ3n) is 2.41. The number of nitrogens with one attached hydrogen (secondary N) is 1. The van der Waals surface area contributed by atoms with Gasteiger partial charge in [0.15, 0.2) is 6.29 Å². The Labute approximate surface area is 93.2 Å². The van der Waals surface area contributed by atoms with Crippen LogP contribution < -0.4 is 5.32 Å².